The first-order valence-electron chi connectivity index (χ1n) is 8.26. The molecule has 1 saturated carbocycles. The topological polar surface area (TPSA) is 15.3 Å². The lowest BCUT2D eigenvalue weighted by Crippen LogP contribution is -2.55. The molecule has 0 radical (unpaired) electrons. The smallest absolute Gasteiger partial charge is 0.0473 e. The zero-order valence-corrected chi connectivity index (χ0v) is 12.9. The van der Waals surface area contributed by atoms with Gasteiger partial charge in [0.1, 0.15) is 0 Å². The molecule has 3 rings (SSSR count). The fourth-order valence-corrected chi connectivity index (χ4v) is 3.50. The van der Waals surface area contributed by atoms with E-state index in [2.05, 4.69) is 54.4 Å². The molecule has 0 spiro atoms. The molecule has 20 heavy (non-hydrogen) atoms. The summed E-state index contributed by atoms with van der Waals surface area (Å²) < 4.78 is 0. The van der Waals surface area contributed by atoms with E-state index >= 15 is 0 Å². The number of hydrogen-bond donors (Lipinski definition) is 1. The highest BCUT2D eigenvalue weighted by atomic mass is 15.2. The van der Waals surface area contributed by atoms with E-state index in [9.17, 15) is 0 Å². The van der Waals surface area contributed by atoms with Crippen LogP contribution < -0.4 is 5.32 Å². The first-order chi connectivity index (χ1) is 9.74. The van der Waals surface area contributed by atoms with Gasteiger partial charge in [0.25, 0.3) is 0 Å². The van der Waals surface area contributed by atoms with Crippen LogP contribution in [0.1, 0.15) is 44.7 Å². The quantitative estimate of drug-likeness (QED) is 0.903. The minimum atomic E-state index is 0.562. The van der Waals surface area contributed by atoms with Gasteiger partial charge >= 0.3 is 0 Å². The normalized spacial score (nSPS) is 28.6. The lowest BCUT2D eigenvalue weighted by atomic mass is 9.84. The zero-order chi connectivity index (χ0) is 13.9. The van der Waals surface area contributed by atoms with Crippen molar-refractivity contribution in [2.24, 2.45) is 11.8 Å². The molecule has 0 amide bonds. The van der Waals surface area contributed by atoms with Gasteiger partial charge in [-0.3, -0.25) is 4.90 Å². The second kappa shape index (κ2) is 6.28. The number of hydrogen-bond acceptors (Lipinski definition) is 2. The van der Waals surface area contributed by atoms with Crippen molar-refractivity contribution in [2.45, 2.75) is 45.2 Å². The Balaban J connectivity index is 1.73. The third-order valence-corrected chi connectivity index (χ3v) is 5.15. The van der Waals surface area contributed by atoms with Crippen molar-refractivity contribution in [2.75, 3.05) is 19.6 Å². The molecule has 2 atom stereocenters. The highest BCUT2D eigenvalue weighted by Crippen LogP contribution is 2.32. The van der Waals surface area contributed by atoms with Crippen LogP contribution in [0.3, 0.4) is 0 Å². The molecule has 0 bridgehead atoms. The van der Waals surface area contributed by atoms with Gasteiger partial charge in [-0.15, -0.1) is 0 Å². The Hall–Kier alpha value is -0.860. The van der Waals surface area contributed by atoms with Crippen molar-refractivity contribution in [1.82, 2.24) is 10.2 Å². The molecule has 2 heteroatoms. The summed E-state index contributed by atoms with van der Waals surface area (Å²) in [5, 5.41) is 3.76. The van der Waals surface area contributed by atoms with Gasteiger partial charge in [0.05, 0.1) is 0 Å². The maximum Gasteiger partial charge on any atom is 0.0473 e. The third kappa shape index (κ3) is 3.07. The van der Waals surface area contributed by atoms with E-state index in [1.807, 2.05) is 0 Å². The predicted molar refractivity (Wildman–Crippen MR) is 84.7 cm³/mol. The fraction of sp³-hybridized carbons (Fsp3) is 0.667. The summed E-state index contributed by atoms with van der Waals surface area (Å²) >= 11 is 0. The first-order valence-corrected chi connectivity index (χ1v) is 8.26. The van der Waals surface area contributed by atoms with E-state index < -0.39 is 0 Å². The van der Waals surface area contributed by atoms with Crippen LogP contribution in [-0.4, -0.2) is 30.6 Å². The number of nitrogens with zero attached hydrogens (tertiary/aromatic N) is 1. The molecule has 1 aromatic carbocycles. The van der Waals surface area contributed by atoms with Crippen LogP contribution in [-0.2, 0) is 0 Å². The average molecular weight is 272 g/mol. The molecule has 2 fully saturated rings. The van der Waals surface area contributed by atoms with Crippen LogP contribution >= 0.6 is 0 Å². The van der Waals surface area contributed by atoms with Crippen molar-refractivity contribution < 1.29 is 0 Å². The molecule has 1 heterocycles. The highest BCUT2D eigenvalue weighted by Gasteiger charge is 2.32. The van der Waals surface area contributed by atoms with Crippen LogP contribution in [0.25, 0.3) is 0 Å². The maximum absolute atomic E-state index is 3.76. The van der Waals surface area contributed by atoms with Crippen LogP contribution in [0.5, 0.6) is 0 Å². The maximum atomic E-state index is 3.76. The SMILES string of the molecule is CC(C)C1CN(CC2CCC2)C(c2ccccc2)CN1. The minimum absolute atomic E-state index is 0.562. The number of piperazine rings is 1. The first kappa shape index (κ1) is 14.1. The summed E-state index contributed by atoms with van der Waals surface area (Å²) in [6.45, 7) is 8.27. The largest absolute Gasteiger partial charge is 0.311 e. The predicted octanol–water partition coefficient (Wildman–Crippen LogP) is 3.46. The summed E-state index contributed by atoms with van der Waals surface area (Å²) in [6.07, 6.45) is 4.33. The fourth-order valence-electron chi connectivity index (χ4n) is 3.50. The summed E-state index contributed by atoms with van der Waals surface area (Å²) in [5.41, 5.74) is 1.47. The Morgan fingerprint density at radius 3 is 2.55 bits per heavy atom. The van der Waals surface area contributed by atoms with E-state index in [-0.39, 0.29) is 0 Å². The van der Waals surface area contributed by atoms with Crippen LogP contribution in [0.2, 0.25) is 0 Å². The van der Waals surface area contributed by atoms with Gasteiger partial charge in [-0.1, -0.05) is 50.6 Å². The Kier molecular flexibility index (Phi) is 4.42. The number of nitrogens with one attached hydrogen (secondary N) is 1. The van der Waals surface area contributed by atoms with E-state index in [0.29, 0.717) is 12.1 Å². The van der Waals surface area contributed by atoms with Crippen molar-refractivity contribution in [3.8, 4) is 0 Å². The standard InChI is InChI=1S/C18H28N2/c1-14(2)17-13-20(12-15-7-6-8-15)18(11-19-17)16-9-4-3-5-10-16/h3-5,9-10,14-15,17-19H,6-8,11-13H2,1-2H3. The Bertz CT molecular complexity index is 411. The van der Waals surface area contributed by atoms with Crippen LogP contribution in [0, 0.1) is 11.8 Å². The Morgan fingerprint density at radius 1 is 1.20 bits per heavy atom. The molecule has 1 aliphatic heterocycles. The summed E-state index contributed by atoms with van der Waals surface area (Å²) in [5.74, 6) is 1.67. The van der Waals surface area contributed by atoms with Crippen molar-refractivity contribution in [1.29, 1.82) is 0 Å². The molecule has 1 N–H and O–H groups in total. The van der Waals surface area contributed by atoms with Crippen LogP contribution in [0.15, 0.2) is 30.3 Å². The van der Waals surface area contributed by atoms with Gasteiger partial charge in [0.2, 0.25) is 0 Å². The van der Waals surface area contributed by atoms with E-state index in [0.717, 1.165) is 18.4 Å². The van der Waals surface area contributed by atoms with Crippen molar-refractivity contribution in [3.63, 3.8) is 0 Å². The van der Waals surface area contributed by atoms with Gasteiger partial charge in [-0.25, -0.2) is 0 Å². The molecule has 2 aliphatic rings. The van der Waals surface area contributed by atoms with Crippen molar-refractivity contribution >= 4 is 0 Å². The highest BCUT2D eigenvalue weighted by molar-refractivity contribution is 5.20. The number of rotatable bonds is 4. The van der Waals surface area contributed by atoms with Gasteiger partial charge in [-0.2, -0.15) is 0 Å². The molecule has 0 aromatic heterocycles. The van der Waals surface area contributed by atoms with E-state index in [1.165, 1.54) is 37.9 Å². The molecular formula is C18H28N2. The summed E-state index contributed by atoms with van der Waals surface area (Å²) in [4.78, 5) is 2.75. The molecule has 2 nitrogen and oxygen atoms in total. The van der Waals surface area contributed by atoms with Gasteiger partial charge < -0.3 is 5.32 Å². The second-order valence-corrected chi connectivity index (χ2v) is 6.94. The Morgan fingerprint density at radius 2 is 1.95 bits per heavy atom. The van der Waals surface area contributed by atoms with Crippen molar-refractivity contribution in [3.05, 3.63) is 35.9 Å². The minimum Gasteiger partial charge on any atom is -0.311 e. The average Bonchev–Trinajstić information content (AvgIpc) is 2.43. The molecule has 1 aromatic rings. The molecular weight excluding hydrogens is 244 g/mol. The lowest BCUT2D eigenvalue weighted by Gasteiger charge is -2.44. The van der Waals surface area contributed by atoms with Gasteiger partial charge in [-0.05, 0) is 30.2 Å². The molecule has 110 valence electrons. The number of benzene rings is 1. The monoisotopic (exact) mass is 272 g/mol. The third-order valence-electron chi connectivity index (χ3n) is 5.15. The summed E-state index contributed by atoms with van der Waals surface area (Å²) in [7, 11) is 0. The van der Waals surface area contributed by atoms with E-state index in [4.69, 9.17) is 0 Å². The van der Waals surface area contributed by atoms with E-state index in [1.54, 1.807) is 0 Å². The van der Waals surface area contributed by atoms with Gasteiger partial charge in [0, 0.05) is 31.7 Å². The Labute approximate surface area is 123 Å². The summed E-state index contributed by atoms with van der Waals surface area (Å²) in [6, 6.07) is 12.2. The van der Waals surface area contributed by atoms with Gasteiger partial charge in [0.15, 0.2) is 0 Å². The lowest BCUT2D eigenvalue weighted by molar-refractivity contribution is 0.0772. The zero-order valence-electron chi connectivity index (χ0n) is 12.9. The second-order valence-electron chi connectivity index (χ2n) is 6.94. The molecule has 2 unspecified atom stereocenters. The van der Waals surface area contributed by atoms with Crippen LogP contribution in [0.4, 0.5) is 0 Å². The molecule has 1 saturated heterocycles. The molecule has 1 aliphatic carbocycles.